The third kappa shape index (κ3) is 5.00. The van der Waals surface area contributed by atoms with Crippen molar-refractivity contribution in [1.82, 2.24) is 14.9 Å². The quantitative estimate of drug-likeness (QED) is 0.275. The van der Waals surface area contributed by atoms with Gasteiger partial charge in [-0.2, -0.15) is 0 Å². The molecule has 4 aromatic rings. The molecule has 2 aromatic heterocycles. The Balaban J connectivity index is 1.37. The molecule has 5 rings (SSSR count). The molecular formula is C28H27BrClN3O3. The second-order valence-corrected chi connectivity index (χ2v) is 10.6. The molecule has 1 aliphatic rings. The summed E-state index contributed by atoms with van der Waals surface area (Å²) in [6, 6.07) is 16.0. The van der Waals surface area contributed by atoms with Crippen molar-refractivity contribution < 1.29 is 14.3 Å². The van der Waals surface area contributed by atoms with Gasteiger partial charge in [-0.25, -0.2) is 0 Å². The van der Waals surface area contributed by atoms with Gasteiger partial charge in [-0.15, -0.1) is 0 Å². The van der Waals surface area contributed by atoms with E-state index in [1.165, 1.54) is 7.11 Å². The summed E-state index contributed by atoms with van der Waals surface area (Å²) in [5.41, 5.74) is 3.08. The number of nitrogens with one attached hydrogen (secondary N) is 1. The van der Waals surface area contributed by atoms with Crippen LogP contribution >= 0.6 is 27.5 Å². The maximum Gasteiger partial charge on any atom is 0.308 e. The SMILES string of the molecule is COC(=O)C1CCC(CNC(=O)c2c(Cl)c(Br)cc3ccn(Cc4ccc5ccccc5n4)c23)CC1. The van der Waals surface area contributed by atoms with E-state index in [2.05, 4.69) is 27.3 Å². The smallest absolute Gasteiger partial charge is 0.308 e. The van der Waals surface area contributed by atoms with Crippen molar-refractivity contribution >= 4 is 61.2 Å². The molecule has 186 valence electrons. The summed E-state index contributed by atoms with van der Waals surface area (Å²) in [5.74, 6) is -0.0479. The number of benzene rings is 2. The van der Waals surface area contributed by atoms with Crippen molar-refractivity contribution in [2.45, 2.75) is 32.2 Å². The average Bonchev–Trinajstić information content (AvgIpc) is 3.29. The molecule has 6 nitrogen and oxygen atoms in total. The molecule has 1 aliphatic carbocycles. The fraction of sp³-hybridized carbons (Fsp3) is 0.321. The highest BCUT2D eigenvalue weighted by molar-refractivity contribution is 9.10. The zero-order valence-corrected chi connectivity index (χ0v) is 22.3. The maximum absolute atomic E-state index is 13.5. The summed E-state index contributed by atoms with van der Waals surface area (Å²) >= 11 is 10.2. The third-order valence-corrected chi connectivity index (χ3v) is 8.34. The lowest BCUT2D eigenvalue weighted by Crippen LogP contribution is -2.33. The summed E-state index contributed by atoms with van der Waals surface area (Å²) < 4.78 is 7.59. The molecule has 1 fully saturated rings. The average molecular weight is 569 g/mol. The molecule has 0 aliphatic heterocycles. The lowest BCUT2D eigenvalue weighted by Gasteiger charge is -2.27. The van der Waals surface area contributed by atoms with Gasteiger partial charge in [-0.1, -0.05) is 35.9 Å². The molecule has 0 saturated heterocycles. The number of para-hydroxylation sites is 1. The first kappa shape index (κ1) is 24.8. The number of nitrogens with zero attached hydrogens (tertiary/aromatic N) is 2. The molecule has 1 N–H and O–H groups in total. The predicted octanol–water partition coefficient (Wildman–Crippen LogP) is 6.36. The Morgan fingerprint density at radius 3 is 2.67 bits per heavy atom. The Kier molecular flexibility index (Phi) is 7.30. The van der Waals surface area contributed by atoms with Crippen molar-refractivity contribution in [3.05, 3.63) is 75.5 Å². The molecule has 0 bridgehead atoms. The second kappa shape index (κ2) is 10.6. The van der Waals surface area contributed by atoms with Crippen LogP contribution in [0.3, 0.4) is 0 Å². The fourth-order valence-corrected chi connectivity index (χ4v) is 5.80. The molecule has 1 saturated carbocycles. The standard InChI is InChI=1S/C28H27BrClN3O3/c1-36-28(35)19-8-6-17(7-9-19)15-31-27(34)24-25(30)22(29)14-20-12-13-33(26(20)24)16-21-11-10-18-4-2-3-5-23(18)32-21/h2-5,10-14,17,19H,6-9,15-16H2,1H3,(H,31,34). The number of carbonyl (C=O) groups is 2. The van der Waals surface area contributed by atoms with Gasteiger partial charge in [0.2, 0.25) is 0 Å². The Labute approximate surface area is 223 Å². The van der Waals surface area contributed by atoms with E-state index in [9.17, 15) is 9.59 Å². The number of halogens is 2. The molecular weight excluding hydrogens is 542 g/mol. The van der Waals surface area contributed by atoms with E-state index < -0.39 is 0 Å². The van der Waals surface area contributed by atoms with Crippen LogP contribution in [0.25, 0.3) is 21.8 Å². The molecule has 8 heteroatoms. The topological polar surface area (TPSA) is 73.2 Å². The normalized spacial score (nSPS) is 17.9. The van der Waals surface area contributed by atoms with Crippen LogP contribution in [-0.4, -0.2) is 35.1 Å². The van der Waals surface area contributed by atoms with Crippen molar-refractivity contribution in [1.29, 1.82) is 0 Å². The number of ether oxygens (including phenoxy) is 1. The van der Waals surface area contributed by atoms with Crippen LogP contribution in [0.4, 0.5) is 0 Å². The van der Waals surface area contributed by atoms with Crippen molar-refractivity contribution in [2.75, 3.05) is 13.7 Å². The molecule has 0 spiro atoms. The predicted molar refractivity (Wildman–Crippen MR) is 145 cm³/mol. The zero-order valence-electron chi connectivity index (χ0n) is 20.0. The van der Waals surface area contributed by atoms with Crippen LogP contribution in [0.1, 0.15) is 41.7 Å². The van der Waals surface area contributed by atoms with Gasteiger partial charge < -0.3 is 14.6 Å². The molecule has 2 heterocycles. The minimum Gasteiger partial charge on any atom is -0.469 e. The van der Waals surface area contributed by atoms with Gasteiger partial charge in [0.1, 0.15) is 0 Å². The number of methoxy groups -OCH3 is 1. The lowest BCUT2D eigenvalue weighted by molar-refractivity contribution is -0.146. The van der Waals surface area contributed by atoms with E-state index in [-0.39, 0.29) is 17.8 Å². The van der Waals surface area contributed by atoms with Gasteiger partial charge in [0.25, 0.3) is 5.91 Å². The summed E-state index contributed by atoms with van der Waals surface area (Å²) in [4.78, 5) is 30.1. The van der Waals surface area contributed by atoms with Crippen LogP contribution in [0.15, 0.2) is 59.2 Å². The van der Waals surface area contributed by atoms with Crippen LogP contribution in [0.5, 0.6) is 0 Å². The number of hydrogen-bond donors (Lipinski definition) is 1. The van der Waals surface area contributed by atoms with Crippen LogP contribution < -0.4 is 5.32 Å². The van der Waals surface area contributed by atoms with E-state index in [0.717, 1.165) is 53.2 Å². The van der Waals surface area contributed by atoms with Gasteiger partial charge in [-0.05, 0) is 71.8 Å². The zero-order chi connectivity index (χ0) is 25.2. The molecule has 1 amide bonds. The Morgan fingerprint density at radius 2 is 1.89 bits per heavy atom. The third-order valence-electron chi connectivity index (χ3n) is 7.09. The number of fused-ring (bicyclic) bond motifs is 2. The van der Waals surface area contributed by atoms with E-state index in [0.29, 0.717) is 34.1 Å². The summed E-state index contributed by atoms with van der Waals surface area (Å²) in [6.45, 7) is 1.06. The highest BCUT2D eigenvalue weighted by Gasteiger charge is 2.28. The number of esters is 1. The number of hydrogen-bond acceptors (Lipinski definition) is 4. The van der Waals surface area contributed by atoms with E-state index in [1.54, 1.807) is 0 Å². The molecule has 36 heavy (non-hydrogen) atoms. The van der Waals surface area contributed by atoms with E-state index >= 15 is 0 Å². The van der Waals surface area contributed by atoms with Crippen LogP contribution in [0.2, 0.25) is 5.02 Å². The molecule has 0 unspecified atom stereocenters. The summed E-state index contributed by atoms with van der Waals surface area (Å²) in [6.07, 6.45) is 5.31. The first-order valence-electron chi connectivity index (χ1n) is 12.1. The molecule has 0 radical (unpaired) electrons. The van der Waals surface area contributed by atoms with Crippen molar-refractivity contribution in [3.63, 3.8) is 0 Å². The minimum absolute atomic E-state index is 0.0342. The van der Waals surface area contributed by atoms with Crippen molar-refractivity contribution in [2.24, 2.45) is 11.8 Å². The van der Waals surface area contributed by atoms with Gasteiger partial charge in [0.05, 0.1) is 46.9 Å². The first-order chi connectivity index (χ1) is 17.4. The van der Waals surface area contributed by atoms with Gasteiger partial charge in [0, 0.05) is 28.0 Å². The number of amides is 1. The minimum atomic E-state index is -0.201. The Hall–Kier alpha value is -2.90. The van der Waals surface area contributed by atoms with Gasteiger partial charge in [-0.3, -0.25) is 14.6 Å². The van der Waals surface area contributed by atoms with E-state index in [1.807, 2.05) is 53.2 Å². The number of carbonyl (C=O) groups excluding carboxylic acids is 2. The van der Waals surface area contributed by atoms with Gasteiger partial charge >= 0.3 is 5.97 Å². The fourth-order valence-electron chi connectivity index (χ4n) is 5.12. The first-order valence-corrected chi connectivity index (χ1v) is 13.3. The largest absolute Gasteiger partial charge is 0.469 e. The second-order valence-electron chi connectivity index (χ2n) is 9.37. The van der Waals surface area contributed by atoms with E-state index in [4.69, 9.17) is 21.3 Å². The highest BCUT2D eigenvalue weighted by atomic mass is 79.9. The Bertz CT molecular complexity index is 1440. The highest BCUT2D eigenvalue weighted by Crippen LogP contribution is 2.35. The van der Waals surface area contributed by atoms with Crippen LogP contribution in [-0.2, 0) is 16.1 Å². The number of rotatable bonds is 6. The van der Waals surface area contributed by atoms with Gasteiger partial charge in [0.15, 0.2) is 0 Å². The van der Waals surface area contributed by atoms with Crippen molar-refractivity contribution in [3.8, 4) is 0 Å². The Morgan fingerprint density at radius 1 is 1.11 bits per heavy atom. The maximum atomic E-state index is 13.5. The van der Waals surface area contributed by atoms with Crippen LogP contribution in [0, 0.1) is 11.8 Å². The molecule has 0 atom stereocenters. The number of pyridine rings is 1. The number of aromatic nitrogens is 2. The molecule has 2 aromatic carbocycles. The summed E-state index contributed by atoms with van der Waals surface area (Å²) in [5, 5.41) is 5.51. The summed E-state index contributed by atoms with van der Waals surface area (Å²) in [7, 11) is 1.43. The lowest BCUT2D eigenvalue weighted by atomic mass is 9.82. The monoisotopic (exact) mass is 567 g/mol.